The van der Waals surface area contributed by atoms with Crippen LogP contribution in [0.4, 0.5) is 0 Å². The van der Waals surface area contributed by atoms with E-state index in [0.29, 0.717) is 18.4 Å². The van der Waals surface area contributed by atoms with Crippen molar-refractivity contribution in [3.05, 3.63) is 11.8 Å². The molecule has 1 fully saturated rings. The third-order valence-corrected chi connectivity index (χ3v) is 2.07. The van der Waals surface area contributed by atoms with Gasteiger partial charge in [-0.1, -0.05) is 0 Å². The van der Waals surface area contributed by atoms with Crippen LogP contribution in [-0.4, -0.2) is 18.6 Å². The zero-order valence-electron chi connectivity index (χ0n) is 7.01. The summed E-state index contributed by atoms with van der Waals surface area (Å²) >= 11 is 0. The number of carbonyl (C=O) groups is 1. The van der Waals surface area contributed by atoms with E-state index in [-0.39, 0.29) is 5.91 Å². The summed E-state index contributed by atoms with van der Waals surface area (Å²) in [6.45, 7) is 0.684. The van der Waals surface area contributed by atoms with Gasteiger partial charge in [0.05, 0.1) is 6.61 Å². The summed E-state index contributed by atoms with van der Waals surface area (Å²) in [5, 5.41) is 2.89. The van der Waals surface area contributed by atoms with Crippen molar-refractivity contribution in [2.45, 2.75) is 31.7 Å². The minimum Gasteiger partial charge on any atom is -0.488 e. The molecule has 2 rings (SSSR count). The molecule has 66 valence electrons. The molecule has 0 aromatic heterocycles. The molecule has 1 aliphatic carbocycles. The van der Waals surface area contributed by atoms with Crippen molar-refractivity contribution >= 4 is 5.91 Å². The maximum absolute atomic E-state index is 11.3. The van der Waals surface area contributed by atoms with E-state index in [0.717, 1.165) is 25.7 Å². The van der Waals surface area contributed by atoms with Crippen LogP contribution in [0.2, 0.25) is 0 Å². The van der Waals surface area contributed by atoms with Crippen molar-refractivity contribution in [1.29, 1.82) is 0 Å². The first-order valence-electron chi connectivity index (χ1n) is 4.50. The Kier molecular flexibility index (Phi) is 2.02. The molecule has 1 heterocycles. The van der Waals surface area contributed by atoms with Gasteiger partial charge in [-0.05, 0) is 31.8 Å². The van der Waals surface area contributed by atoms with Gasteiger partial charge in [0, 0.05) is 6.04 Å². The van der Waals surface area contributed by atoms with Gasteiger partial charge in [0.25, 0.3) is 5.91 Å². The number of amides is 1. The number of hydrogen-bond donors (Lipinski definition) is 1. The fourth-order valence-electron chi connectivity index (χ4n) is 1.20. The zero-order chi connectivity index (χ0) is 8.39. The fourth-order valence-corrected chi connectivity index (χ4v) is 1.20. The van der Waals surface area contributed by atoms with Crippen LogP contribution in [-0.2, 0) is 9.53 Å². The van der Waals surface area contributed by atoms with E-state index in [9.17, 15) is 4.79 Å². The number of carbonyl (C=O) groups excluding carboxylic acids is 1. The Bertz CT molecular complexity index is 219. The van der Waals surface area contributed by atoms with E-state index in [1.54, 1.807) is 0 Å². The Morgan fingerprint density at radius 3 is 3.00 bits per heavy atom. The molecule has 1 saturated carbocycles. The largest absolute Gasteiger partial charge is 0.488 e. The van der Waals surface area contributed by atoms with Crippen LogP contribution in [0.5, 0.6) is 0 Å². The Hall–Kier alpha value is -0.990. The number of allylic oxidation sites excluding steroid dienone is 1. The zero-order valence-corrected chi connectivity index (χ0v) is 7.01. The van der Waals surface area contributed by atoms with Crippen molar-refractivity contribution in [2.75, 3.05) is 6.61 Å². The molecule has 1 aliphatic heterocycles. The van der Waals surface area contributed by atoms with Crippen LogP contribution in [0.3, 0.4) is 0 Å². The Morgan fingerprint density at radius 2 is 2.42 bits per heavy atom. The molecule has 0 radical (unpaired) electrons. The second-order valence-corrected chi connectivity index (χ2v) is 3.31. The molecule has 2 aliphatic rings. The minimum absolute atomic E-state index is 0.0304. The van der Waals surface area contributed by atoms with E-state index in [1.165, 1.54) is 0 Å². The molecular weight excluding hydrogens is 154 g/mol. The summed E-state index contributed by atoms with van der Waals surface area (Å²) in [6, 6.07) is 0.420. The quantitative estimate of drug-likeness (QED) is 0.665. The summed E-state index contributed by atoms with van der Waals surface area (Å²) in [5.74, 6) is 0.491. The molecule has 0 atom stereocenters. The summed E-state index contributed by atoms with van der Waals surface area (Å²) in [7, 11) is 0. The van der Waals surface area contributed by atoms with Gasteiger partial charge in [-0.3, -0.25) is 4.79 Å². The van der Waals surface area contributed by atoms with Crippen LogP contribution < -0.4 is 5.32 Å². The van der Waals surface area contributed by atoms with Crippen molar-refractivity contribution in [3.63, 3.8) is 0 Å². The monoisotopic (exact) mass is 167 g/mol. The van der Waals surface area contributed by atoms with Gasteiger partial charge >= 0.3 is 0 Å². The summed E-state index contributed by atoms with van der Waals surface area (Å²) in [5.41, 5.74) is 0. The Labute approximate surface area is 71.8 Å². The third kappa shape index (κ3) is 1.78. The lowest BCUT2D eigenvalue weighted by molar-refractivity contribution is -0.121. The van der Waals surface area contributed by atoms with Crippen LogP contribution in [0.25, 0.3) is 0 Å². The van der Waals surface area contributed by atoms with Crippen LogP contribution in [0, 0.1) is 0 Å². The lowest BCUT2D eigenvalue weighted by Gasteiger charge is -2.13. The van der Waals surface area contributed by atoms with Crippen molar-refractivity contribution < 1.29 is 9.53 Å². The molecule has 3 nitrogen and oxygen atoms in total. The maximum atomic E-state index is 11.3. The van der Waals surface area contributed by atoms with Crippen molar-refractivity contribution in [1.82, 2.24) is 5.32 Å². The third-order valence-electron chi connectivity index (χ3n) is 2.07. The van der Waals surface area contributed by atoms with E-state index in [2.05, 4.69) is 5.32 Å². The summed E-state index contributed by atoms with van der Waals surface area (Å²) in [4.78, 5) is 11.3. The van der Waals surface area contributed by atoms with Gasteiger partial charge in [-0.2, -0.15) is 0 Å². The average Bonchev–Trinajstić information content (AvgIpc) is 2.90. The molecule has 0 aromatic rings. The van der Waals surface area contributed by atoms with E-state index >= 15 is 0 Å². The molecule has 0 unspecified atom stereocenters. The summed E-state index contributed by atoms with van der Waals surface area (Å²) in [6.07, 6.45) is 6.12. The number of ether oxygens (including phenoxy) is 1. The first-order chi connectivity index (χ1) is 5.86. The first-order valence-corrected chi connectivity index (χ1v) is 4.50. The molecule has 3 heteroatoms. The lowest BCUT2D eigenvalue weighted by Crippen LogP contribution is -2.28. The maximum Gasteiger partial charge on any atom is 0.286 e. The molecule has 0 spiro atoms. The molecular formula is C9H13NO2. The standard InChI is InChI=1S/C9H13NO2/c11-9(10-7-4-5-7)8-3-1-2-6-12-8/h3,7H,1-2,4-6H2,(H,10,11). The smallest absolute Gasteiger partial charge is 0.286 e. The van der Waals surface area contributed by atoms with Crippen LogP contribution in [0.1, 0.15) is 25.7 Å². The highest BCUT2D eigenvalue weighted by Crippen LogP contribution is 2.20. The van der Waals surface area contributed by atoms with E-state index in [4.69, 9.17) is 4.74 Å². The number of nitrogens with one attached hydrogen (secondary N) is 1. The van der Waals surface area contributed by atoms with Crippen molar-refractivity contribution in [2.24, 2.45) is 0 Å². The Morgan fingerprint density at radius 1 is 1.58 bits per heavy atom. The highest BCUT2D eigenvalue weighted by Gasteiger charge is 2.25. The predicted molar refractivity (Wildman–Crippen MR) is 44.4 cm³/mol. The van der Waals surface area contributed by atoms with Gasteiger partial charge < -0.3 is 10.1 Å². The SMILES string of the molecule is O=C(NC1CC1)C1=CCCCO1. The average molecular weight is 167 g/mol. The normalized spacial score (nSPS) is 22.5. The van der Waals surface area contributed by atoms with Gasteiger partial charge in [0.1, 0.15) is 0 Å². The number of rotatable bonds is 2. The second kappa shape index (κ2) is 3.17. The van der Waals surface area contributed by atoms with Gasteiger partial charge in [-0.15, -0.1) is 0 Å². The van der Waals surface area contributed by atoms with Gasteiger partial charge in [-0.25, -0.2) is 0 Å². The molecule has 0 saturated heterocycles. The molecule has 1 amide bonds. The predicted octanol–water partition coefficient (Wildman–Crippen LogP) is 0.959. The molecule has 0 aromatic carbocycles. The molecule has 1 N–H and O–H groups in total. The highest BCUT2D eigenvalue weighted by atomic mass is 16.5. The van der Waals surface area contributed by atoms with Crippen molar-refractivity contribution in [3.8, 4) is 0 Å². The van der Waals surface area contributed by atoms with E-state index in [1.807, 2.05) is 6.08 Å². The van der Waals surface area contributed by atoms with E-state index < -0.39 is 0 Å². The number of hydrogen-bond acceptors (Lipinski definition) is 2. The molecule has 0 bridgehead atoms. The van der Waals surface area contributed by atoms with Gasteiger partial charge in [0.15, 0.2) is 5.76 Å². The molecule has 12 heavy (non-hydrogen) atoms. The fraction of sp³-hybridized carbons (Fsp3) is 0.667. The van der Waals surface area contributed by atoms with Crippen LogP contribution in [0.15, 0.2) is 11.8 Å². The van der Waals surface area contributed by atoms with Gasteiger partial charge in [0.2, 0.25) is 0 Å². The Balaban J connectivity index is 1.88. The first kappa shape index (κ1) is 7.65. The lowest BCUT2D eigenvalue weighted by atomic mass is 10.2. The second-order valence-electron chi connectivity index (χ2n) is 3.31. The van der Waals surface area contributed by atoms with Crippen LogP contribution >= 0.6 is 0 Å². The highest BCUT2D eigenvalue weighted by molar-refractivity contribution is 5.91. The summed E-state index contributed by atoms with van der Waals surface area (Å²) < 4.78 is 5.22. The minimum atomic E-state index is -0.0304. The topological polar surface area (TPSA) is 38.3 Å².